The topological polar surface area (TPSA) is 122 Å². The number of primary sulfonamides is 1. The predicted octanol–water partition coefficient (Wildman–Crippen LogP) is 6.85. The normalized spacial score (nSPS) is 12.4. The summed E-state index contributed by atoms with van der Waals surface area (Å²) in [5.41, 5.74) is -0.0660. The van der Waals surface area contributed by atoms with E-state index in [9.17, 15) is 26.7 Å². The molecule has 0 aliphatic carbocycles. The maximum Gasteiger partial charge on any atom is 0.416 e. The molecule has 0 amide bonds. The molecular formula is C23H16Cl2F3N5O3S2. The highest BCUT2D eigenvalue weighted by Gasteiger charge is 2.30. The number of hydrogen-bond acceptors (Lipinski definition) is 5. The maximum atomic E-state index is 12.9. The zero-order valence-electron chi connectivity index (χ0n) is 18.9. The van der Waals surface area contributed by atoms with Crippen LogP contribution in [0, 0.1) is 0 Å². The Balaban J connectivity index is 1.71. The largest absolute Gasteiger partial charge is 0.493 e. The van der Waals surface area contributed by atoms with Gasteiger partial charge in [0.25, 0.3) is 0 Å². The van der Waals surface area contributed by atoms with E-state index in [4.69, 9.17) is 40.6 Å². The molecule has 4 rings (SSSR count). The van der Waals surface area contributed by atoms with Crippen molar-refractivity contribution < 1.29 is 26.7 Å². The number of aromatic hydroxyl groups is 1. The summed E-state index contributed by atoms with van der Waals surface area (Å²) in [7, 11) is -4.06. The number of nitrogens with two attached hydrogens (primary N) is 1. The van der Waals surface area contributed by atoms with Crippen molar-refractivity contribution >= 4 is 72.8 Å². The Bertz CT molecular complexity index is 1690. The number of halogens is 5. The number of benzene rings is 3. The molecule has 0 radical (unpaired) electrons. The van der Waals surface area contributed by atoms with Gasteiger partial charge in [-0.1, -0.05) is 47.5 Å². The molecule has 0 aliphatic rings. The number of azo groups is 1. The Kier molecular flexibility index (Phi) is 7.68. The summed E-state index contributed by atoms with van der Waals surface area (Å²) in [6.45, 7) is -0.0538. The third-order valence-corrected chi connectivity index (χ3v) is 6.98. The number of alkyl halides is 3. The lowest BCUT2D eigenvalue weighted by Crippen LogP contribution is -2.16. The van der Waals surface area contributed by atoms with Gasteiger partial charge < -0.3 is 15.0 Å². The molecule has 0 atom stereocenters. The van der Waals surface area contributed by atoms with E-state index in [0.717, 1.165) is 12.1 Å². The van der Waals surface area contributed by atoms with Crippen LogP contribution in [0.4, 0.5) is 24.5 Å². The number of sulfonamides is 1. The average molecular weight is 602 g/mol. The summed E-state index contributed by atoms with van der Waals surface area (Å²) in [5.74, 6) is -0.402. The van der Waals surface area contributed by atoms with Gasteiger partial charge in [0.05, 0.1) is 28.3 Å². The fraction of sp³-hybridized carbons (Fsp3) is 0.0870. The van der Waals surface area contributed by atoms with Crippen molar-refractivity contribution in [3.05, 3.63) is 81.8 Å². The van der Waals surface area contributed by atoms with Gasteiger partial charge in [-0.05, 0) is 54.2 Å². The van der Waals surface area contributed by atoms with Gasteiger partial charge in [-0.3, -0.25) is 0 Å². The quantitative estimate of drug-likeness (QED) is 0.170. The van der Waals surface area contributed by atoms with Crippen molar-refractivity contribution in [1.29, 1.82) is 0 Å². The SMILES string of the molecule is NS(=O)(=O)c1ccccc1NC(=S)N=Nc1c(O)n(Cc2ccc(C(F)(F)F)cc2)c2c(Cl)cc(Cl)cc12. The molecule has 0 unspecified atom stereocenters. The van der Waals surface area contributed by atoms with E-state index in [1.54, 1.807) is 6.07 Å². The molecule has 1 heterocycles. The van der Waals surface area contributed by atoms with E-state index in [-0.39, 0.29) is 38.0 Å². The first-order valence-electron chi connectivity index (χ1n) is 10.5. The molecule has 0 bridgehead atoms. The number of fused-ring (bicyclic) bond motifs is 1. The molecule has 15 heteroatoms. The Morgan fingerprint density at radius 1 is 1.11 bits per heavy atom. The van der Waals surface area contributed by atoms with Gasteiger partial charge >= 0.3 is 6.18 Å². The third kappa shape index (κ3) is 5.92. The third-order valence-electron chi connectivity index (χ3n) is 5.32. The molecule has 8 nitrogen and oxygen atoms in total. The van der Waals surface area contributed by atoms with Crippen LogP contribution in [0.2, 0.25) is 10.0 Å². The van der Waals surface area contributed by atoms with E-state index in [1.807, 2.05) is 0 Å². The molecule has 4 N–H and O–H groups in total. The number of nitrogens with zero attached hydrogens (tertiary/aromatic N) is 3. The second-order valence-electron chi connectivity index (χ2n) is 7.91. The van der Waals surface area contributed by atoms with Crippen molar-refractivity contribution in [2.24, 2.45) is 15.4 Å². The van der Waals surface area contributed by atoms with Gasteiger partial charge in [0, 0.05) is 10.4 Å². The lowest BCUT2D eigenvalue weighted by Gasteiger charge is -2.10. The highest BCUT2D eigenvalue weighted by molar-refractivity contribution is 7.89. The van der Waals surface area contributed by atoms with Crippen molar-refractivity contribution in [1.82, 2.24) is 4.57 Å². The molecule has 38 heavy (non-hydrogen) atoms. The minimum absolute atomic E-state index is 0.0538. The summed E-state index contributed by atoms with van der Waals surface area (Å²) in [6.07, 6.45) is -4.49. The highest BCUT2D eigenvalue weighted by Crippen LogP contribution is 2.43. The van der Waals surface area contributed by atoms with Crippen LogP contribution in [0.5, 0.6) is 5.88 Å². The fourth-order valence-electron chi connectivity index (χ4n) is 3.66. The monoisotopic (exact) mass is 601 g/mol. The van der Waals surface area contributed by atoms with Crippen LogP contribution >= 0.6 is 35.4 Å². The average Bonchev–Trinajstić information content (AvgIpc) is 3.07. The number of aromatic nitrogens is 1. The van der Waals surface area contributed by atoms with Gasteiger partial charge in [0.15, 0.2) is 5.69 Å². The number of rotatable bonds is 5. The van der Waals surface area contributed by atoms with Crippen LogP contribution in [0.25, 0.3) is 10.9 Å². The van der Waals surface area contributed by atoms with Crippen LogP contribution in [-0.2, 0) is 22.7 Å². The number of hydrogen-bond donors (Lipinski definition) is 3. The van der Waals surface area contributed by atoms with Crippen molar-refractivity contribution in [3.63, 3.8) is 0 Å². The van der Waals surface area contributed by atoms with Crippen molar-refractivity contribution in [3.8, 4) is 5.88 Å². The molecule has 0 fully saturated rings. The molecule has 0 saturated carbocycles. The smallest absolute Gasteiger partial charge is 0.416 e. The minimum Gasteiger partial charge on any atom is -0.493 e. The van der Waals surface area contributed by atoms with Gasteiger partial charge in [-0.2, -0.15) is 13.2 Å². The van der Waals surface area contributed by atoms with Crippen LogP contribution < -0.4 is 10.5 Å². The van der Waals surface area contributed by atoms with Crippen LogP contribution in [0.1, 0.15) is 11.1 Å². The Labute approximate surface area is 229 Å². The molecule has 0 saturated heterocycles. The molecule has 198 valence electrons. The van der Waals surface area contributed by atoms with Crippen molar-refractivity contribution in [2.45, 2.75) is 17.6 Å². The maximum absolute atomic E-state index is 12.9. The molecular weight excluding hydrogens is 586 g/mol. The summed E-state index contributed by atoms with van der Waals surface area (Å²) < 4.78 is 63.8. The Morgan fingerprint density at radius 3 is 2.39 bits per heavy atom. The second kappa shape index (κ2) is 10.5. The van der Waals surface area contributed by atoms with Gasteiger partial charge in [0.1, 0.15) is 4.90 Å². The van der Waals surface area contributed by atoms with Gasteiger partial charge in [0.2, 0.25) is 21.0 Å². The summed E-state index contributed by atoms with van der Waals surface area (Å²) >= 11 is 17.7. The minimum atomic E-state index is -4.49. The number of thiocarbonyl (C=S) groups is 1. The number of anilines is 1. The Hall–Kier alpha value is -3.23. The molecule has 1 aromatic heterocycles. The highest BCUT2D eigenvalue weighted by atomic mass is 35.5. The number of nitrogens with one attached hydrogen (secondary N) is 1. The fourth-order valence-corrected chi connectivity index (χ4v) is 5.10. The van der Waals surface area contributed by atoms with Gasteiger partial charge in [-0.15, -0.1) is 10.2 Å². The standard InChI is InChI=1S/C23H16Cl2F3N5O3S2/c24-14-9-15-19(31-32-22(37)30-17-3-1-2-4-18(17)38(29,35)36)21(34)33(20(15)16(25)10-14)11-12-5-7-13(8-6-12)23(26,27)28/h1-10,34H,11H2,(H,30,37)(H2,29,35,36). The van der Waals surface area contributed by atoms with E-state index < -0.39 is 27.6 Å². The van der Waals surface area contributed by atoms with Crippen molar-refractivity contribution in [2.75, 3.05) is 5.32 Å². The lowest BCUT2D eigenvalue weighted by molar-refractivity contribution is -0.137. The molecule has 4 aromatic rings. The first-order valence-corrected chi connectivity index (χ1v) is 13.2. The lowest BCUT2D eigenvalue weighted by atomic mass is 10.1. The summed E-state index contributed by atoms with van der Waals surface area (Å²) in [6, 6.07) is 13.1. The first-order chi connectivity index (χ1) is 17.8. The zero-order valence-corrected chi connectivity index (χ0v) is 22.0. The molecule has 3 aromatic carbocycles. The first kappa shape index (κ1) is 27.8. The van der Waals surface area contributed by atoms with E-state index in [2.05, 4.69) is 15.5 Å². The predicted molar refractivity (Wildman–Crippen MR) is 143 cm³/mol. The molecule has 0 aliphatic heterocycles. The molecule has 0 spiro atoms. The van der Waals surface area contributed by atoms with E-state index in [1.165, 1.54) is 47.0 Å². The zero-order chi connectivity index (χ0) is 27.8. The van der Waals surface area contributed by atoms with Crippen LogP contribution in [-0.4, -0.2) is 23.2 Å². The Morgan fingerprint density at radius 2 is 1.76 bits per heavy atom. The van der Waals surface area contributed by atoms with Crippen LogP contribution in [0.3, 0.4) is 0 Å². The van der Waals surface area contributed by atoms with E-state index in [0.29, 0.717) is 16.5 Å². The summed E-state index contributed by atoms with van der Waals surface area (Å²) in [5, 5.41) is 27.1. The second-order valence-corrected chi connectivity index (χ2v) is 10.7. The summed E-state index contributed by atoms with van der Waals surface area (Å²) in [4.78, 5) is -0.216. The van der Waals surface area contributed by atoms with E-state index >= 15 is 0 Å². The van der Waals surface area contributed by atoms with Crippen LogP contribution in [0.15, 0.2) is 75.8 Å². The van der Waals surface area contributed by atoms with Gasteiger partial charge in [-0.25, -0.2) is 13.6 Å². The number of para-hydroxylation sites is 1.